The molecule has 4 rings (SSSR count). The zero-order chi connectivity index (χ0) is 26.5. The molecule has 1 saturated heterocycles. The third-order valence-electron chi connectivity index (χ3n) is 7.18. The molecule has 6 nitrogen and oxygen atoms in total. The summed E-state index contributed by atoms with van der Waals surface area (Å²) >= 11 is 0. The van der Waals surface area contributed by atoms with Gasteiger partial charge in [-0.3, -0.25) is 9.59 Å². The van der Waals surface area contributed by atoms with Crippen LogP contribution in [0.3, 0.4) is 0 Å². The Kier molecular flexibility index (Phi) is 8.17. The number of likely N-dealkylation sites (tertiary alicyclic amines) is 1. The van der Waals surface area contributed by atoms with Crippen LogP contribution in [0, 0.1) is 11.8 Å². The van der Waals surface area contributed by atoms with Gasteiger partial charge in [-0.15, -0.1) is 0 Å². The van der Waals surface area contributed by atoms with Crippen LogP contribution >= 0.6 is 0 Å². The fourth-order valence-electron chi connectivity index (χ4n) is 5.20. The predicted octanol–water partition coefficient (Wildman–Crippen LogP) is 5.70. The molecule has 0 radical (unpaired) electrons. The Bertz CT molecular complexity index is 1300. The molecule has 2 atom stereocenters. The van der Waals surface area contributed by atoms with Gasteiger partial charge in [-0.2, -0.15) is 0 Å². The smallest absolute Gasteiger partial charge is 0.227 e. The van der Waals surface area contributed by atoms with Gasteiger partial charge in [-0.1, -0.05) is 49.4 Å². The second-order valence-electron chi connectivity index (χ2n) is 9.40. The van der Waals surface area contributed by atoms with Crippen LogP contribution < -0.4 is 14.2 Å². The number of allylic oxidation sites excluding steroid dienone is 1. The molecule has 1 fully saturated rings. The number of hydrogen-bond donors (Lipinski definition) is 0. The Labute approximate surface area is 218 Å². The highest BCUT2D eigenvalue weighted by Crippen LogP contribution is 2.41. The molecule has 0 bridgehead atoms. The minimum atomic E-state index is -0.102. The summed E-state index contributed by atoms with van der Waals surface area (Å²) in [7, 11) is 4.80. The van der Waals surface area contributed by atoms with E-state index < -0.39 is 0 Å². The number of methoxy groups -OCH3 is 3. The van der Waals surface area contributed by atoms with Gasteiger partial charge >= 0.3 is 0 Å². The maximum atomic E-state index is 13.1. The summed E-state index contributed by atoms with van der Waals surface area (Å²) in [5.41, 5.74) is 2.94. The van der Waals surface area contributed by atoms with Crippen LogP contribution in [0.25, 0.3) is 21.9 Å². The van der Waals surface area contributed by atoms with Gasteiger partial charge in [0.15, 0.2) is 11.5 Å². The molecule has 0 aromatic heterocycles. The van der Waals surface area contributed by atoms with Crippen molar-refractivity contribution in [1.82, 2.24) is 4.90 Å². The van der Waals surface area contributed by atoms with Crippen LogP contribution in [0.15, 0.2) is 60.7 Å². The van der Waals surface area contributed by atoms with E-state index in [9.17, 15) is 9.59 Å². The number of rotatable bonds is 9. The SMILES string of the molecule is C/C=C/C1CN(C(=O)Cc2ccc3cc(-c4cc(OC)c(OC)c(OC)c4)ccc3c2)CC1C(=O)CC. The number of fused-ring (bicyclic) bond motifs is 1. The third kappa shape index (κ3) is 5.48. The first kappa shape index (κ1) is 26.3. The van der Waals surface area contributed by atoms with Crippen LogP contribution in [0.5, 0.6) is 17.2 Å². The maximum Gasteiger partial charge on any atom is 0.227 e. The molecule has 37 heavy (non-hydrogen) atoms. The minimum absolute atomic E-state index is 0.0642. The molecular formula is C31H35NO5. The largest absolute Gasteiger partial charge is 0.493 e. The van der Waals surface area contributed by atoms with Gasteiger partial charge in [-0.05, 0) is 52.6 Å². The van der Waals surface area contributed by atoms with Crippen molar-refractivity contribution in [3.05, 3.63) is 66.2 Å². The maximum absolute atomic E-state index is 13.1. The number of nitrogens with zero attached hydrogens (tertiary/aromatic N) is 1. The molecule has 3 aromatic rings. The van der Waals surface area contributed by atoms with Crippen LogP contribution in [-0.4, -0.2) is 51.0 Å². The van der Waals surface area contributed by atoms with Crippen molar-refractivity contribution in [2.45, 2.75) is 26.7 Å². The summed E-state index contributed by atoms with van der Waals surface area (Å²) in [4.78, 5) is 27.4. The van der Waals surface area contributed by atoms with Crippen LogP contribution in [0.4, 0.5) is 0 Å². The zero-order valence-electron chi connectivity index (χ0n) is 22.2. The van der Waals surface area contributed by atoms with Gasteiger partial charge in [0.05, 0.1) is 27.8 Å². The summed E-state index contributed by atoms with van der Waals surface area (Å²) < 4.78 is 16.5. The quantitative estimate of drug-likeness (QED) is 0.352. The molecule has 2 unspecified atom stereocenters. The van der Waals surface area contributed by atoms with Crippen molar-refractivity contribution in [2.75, 3.05) is 34.4 Å². The lowest BCUT2D eigenvalue weighted by Gasteiger charge is -2.16. The lowest BCUT2D eigenvalue weighted by molar-refractivity contribution is -0.129. The monoisotopic (exact) mass is 501 g/mol. The van der Waals surface area contributed by atoms with Gasteiger partial charge in [0.1, 0.15) is 5.78 Å². The normalized spacial score (nSPS) is 17.4. The van der Waals surface area contributed by atoms with E-state index in [1.165, 1.54) is 0 Å². The summed E-state index contributed by atoms with van der Waals surface area (Å²) in [5, 5.41) is 2.14. The van der Waals surface area contributed by atoms with Crippen LogP contribution in [0.2, 0.25) is 0 Å². The molecule has 0 N–H and O–H groups in total. The van der Waals surface area contributed by atoms with E-state index in [4.69, 9.17) is 14.2 Å². The van der Waals surface area contributed by atoms with E-state index in [0.29, 0.717) is 43.2 Å². The minimum Gasteiger partial charge on any atom is -0.493 e. The Morgan fingerprint density at radius 2 is 1.57 bits per heavy atom. The van der Waals surface area contributed by atoms with Gasteiger partial charge in [0, 0.05) is 31.3 Å². The first-order valence-corrected chi connectivity index (χ1v) is 12.7. The van der Waals surface area contributed by atoms with E-state index in [-0.39, 0.29) is 23.5 Å². The van der Waals surface area contributed by atoms with E-state index >= 15 is 0 Å². The molecular weight excluding hydrogens is 466 g/mol. The van der Waals surface area contributed by atoms with Crippen molar-refractivity contribution in [3.63, 3.8) is 0 Å². The fourth-order valence-corrected chi connectivity index (χ4v) is 5.20. The zero-order valence-corrected chi connectivity index (χ0v) is 22.2. The third-order valence-corrected chi connectivity index (χ3v) is 7.18. The molecule has 1 heterocycles. The van der Waals surface area contributed by atoms with Crippen molar-refractivity contribution < 1.29 is 23.8 Å². The number of carbonyl (C=O) groups is 2. The molecule has 3 aromatic carbocycles. The fraction of sp³-hybridized carbons (Fsp3) is 0.355. The highest BCUT2D eigenvalue weighted by molar-refractivity contribution is 5.90. The van der Waals surface area contributed by atoms with Gasteiger partial charge in [0.25, 0.3) is 0 Å². The predicted molar refractivity (Wildman–Crippen MR) is 146 cm³/mol. The molecule has 0 aliphatic carbocycles. The van der Waals surface area contributed by atoms with Crippen molar-refractivity contribution in [1.29, 1.82) is 0 Å². The average Bonchev–Trinajstić information content (AvgIpc) is 3.35. The average molecular weight is 502 g/mol. The van der Waals surface area contributed by atoms with Crippen molar-refractivity contribution in [3.8, 4) is 28.4 Å². The topological polar surface area (TPSA) is 65.1 Å². The van der Waals surface area contributed by atoms with Crippen molar-refractivity contribution in [2.24, 2.45) is 11.8 Å². The Morgan fingerprint density at radius 3 is 2.19 bits per heavy atom. The standard InChI is InChI=1S/C31H35NO5/c1-6-8-24-18-32(19-26(24)27(33)7-2)30(34)14-20-9-10-22-15-23(12-11-21(22)13-20)25-16-28(35-3)31(37-5)29(17-25)36-4/h6,8-13,15-17,24,26H,7,14,18-19H2,1-5H3/b8-6+. The summed E-state index contributed by atoms with van der Waals surface area (Å²) in [5.74, 6) is 2.06. The lowest BCUT2D eigenvalue weighted by atomic mass is 9.90. The Morgan fingerprint density at radius 1 is 0.892 bits per heavy atom. The summed E-state index contributed by atoms with van der Waals surface area (Å²) in [6.45, 7) is 4.96. The first-order valence-electron chi connectivity index (χ1n) is 12.7. The number of benzene rings is 3. The van der Waals surface area contributed by atoms with Gasteiger partial charge < -0.3 is 19.1 Å². The van der Waals surface area contributed by atoms with E-state index in [1.807, 2.05) is 43.0 Å². The summed E-state index contributed by atoms with van der Waals surface area (Å²) in [6.07, 6.45) is 4.86. The van der Waals surface area contributed by atoms with E-state index in [2.05, 4.69) is 36.4 Å². The number of ketones is 1. The number of Topliss-reactive ketones (excluding diaryl/α,β-unsaturated/α-hetero) is 1. The van der Waals surface area contributed by atoms with Crippen LogP contribution in [-0.2, 0) is 16.0 Å². The first-order chi connectivity index (χ1) is 17.9. The molecule has 1 aliphatic rings. The highest BCUT2D eigenvalue weighted by atomic mass is 16.5. The Hall–Kier alpha value is -3.80. The molecule has 6 heteroatoms. The molecule has 0 spiro atoms. The number of amides is 1. The second-order valence-corrected chi connectivity index (χ2v) is 9.40. The Balaban J connectivity index is 1.54. The molecule has 1 amide bonds. The van der Waals surface area contributed by atoms with E-state index in [0.717, 1.165) is 27.5 Å². The second kappa shape index (κ2) is 11.5. The van der Waals surface area contributed by atoms with E-state index in [1.54, 1.807) is 21.3 Å². The van der Waals surface area contributed by atoms with Crippen molar-refractivity contribution >= 4 is 22.5 Å². The number of hydrogen-bond acceptors (Lipinski definition) is 5. The summed E-state index contributed by atoms with van der Waals surface area (Å²) in [6, 6.07) is 16.2. The molecule has 0 saturated carbocycles. The van der Waals surface area contributed by atoms with Crippen LogP contribution in [0.1, 0.15) is 25.8 Å². The van der Waals surface area contributed by atoms with Gasteiger partial charge in [0.2, 0.25) is 11.7 Å². The molecule has 194 valence electrons. The molecule has 1 aliphatic heterocycles. The lowest BCUT2D eigenvalue weighted by Crippen LogP contribution is -2.31. The number of carbonyl (C=O) groups excluding carboxylic acids is 2. The number of ether oxygens (including phenoxy) is 3. The van der Waals surface area contributed by atoms with Gasteiger partial charge in [-0.25, -0.2) is 0 Å². The highest BCUT2D eigenvalue weighted by Gasteiger charge is 2.37.